The third-order valence-electron chi connectivity index (χ3n) is 3.44. The quantitative estimate of drug-likeness (QED) is 0.461. The summed E-state index contributed by atoms with van der Waals surface area (Å²) in [5.41, 5.74) is 2.49. The van der Waals surface area contributed by atoms with Crippen LogP contribution in [0.3, 0.4) is 0 Å². The molecule has 2 rings (SSSR count). The van der Waals surface area contributed by atoms with E-state index in [4.69, 9.17) is 11.6 Å². The highest BCUT2D eigenvalue weighted by Crippen LogP contribution is 2.30. The number of benzene rings is 2. The normalized spacial score (nSPS) is 11.8. The van der Waals surface area contributed by atoms with Crippen molar-refractivity contribution in [1.82, 2.24) is 0 Å². The Morgan fingerprint density at radius 3 is 2.58 bits per heavy atom. The van der Waals surface area contributed by atoms with Crippen molar-refractivity contribution in [3.8, 4) is 0 Å². The molecule has 0 spiro atoms. The van der Waals surface area contributed by atoms with Crippen LogP contribution in [0.15, 0.2) is 41.3 Å². The standard InChI is InChI=1S/C17H17ClN2O3S/c1-10-4-5-11(2)16(8-10)24-12(3)17(21)19-15-7-6-13(20(22)23)9-14(15)18/h4-9,12H,1-3H3,(H,19,21). The molecule has 24 heavy (non-hydrogen) atoms. The number of hydrogen-bond acceptors (Lipinski definition) is 4. The molecule has 1 unspecified atom stereocenters. The molecule has 0 aliphatic rings. The molecule has 2 aromatic carbocycles. The predicted molar refractivity (Wildman–Crippen MR) is 98.0 cm³/mol. The van der Waals surface area contributed by atoms with Crippen LogP contribution in [0, 0.1) is 24.0 Å². The Morgan fingerprint density at radius 1 is 1.25 bits per heavy atom. The number of anilines is 1. The Bertz CT molecular complexity index is 795. The van der Waals surface area contributed by atoms with E-state index in [-0.39, 0.29) is 21.9 Å². The molecule has 5 nitrogen and oxygen atoms in total. The van der Waals surface area contributed by atoms with Gasteiger partial charge in [0.25, 0.3) is 5.69 Å². The summed E-state index contributed by atoms with van der Waals surface area (Å²) in [6.07, 6.45) is 0. The molecule has 0 saturated carbocycles. The highest BCUT2D eigenvalue weighted by molar-refractivity contribution is 8.00. The monoisotopic (exact) mass is 364 g/mol. The second kappa shape index (κ2) is 7.68. The van der Waals surface area contributed by atoms with E-state index >= 15 is 0 Å². The second-order valence-corrected chi connectivity index (χ2v) is 7.23. The molecule has 0 heterocycles. The lowest BCUT2D eigenvalue weighted by Crippen LogP contribution is -2.22. The number of amides is 1. The number of aryl methyl sites for hydroxylation is 2. The zero-order chi connectivity index (χ0) is 17.9. The third kappa shape index (κ3) is 4.49. The first-order chi connectivity index (χ1) is 11.3. The smallest absolute Gasteiger partial charge is 0.271 e. The van der Waals surface area contributed by atoms with Gasteiger partial charge in [-0.25, -0.2) is 0 Å². The molecule has 1 atom stereocenters. The van der Waals surface area contributed by atoms with Crippen LogP contribution in [-0.4, -0.2) is 16.1 Å². The topological polar surface area (TPSA) is 72.2 Å². The first-order valence-corrected chi connectivity index (χ1v) is 8.52. The van der Waals surface area contributed by atoms with Crippen LogP contribution >= 0.6 is 23.4 Å². The summed E-state index contributed by atoms with van der Waals surface area (Å²) in [4.78, 5) is 23.6. The number of rotatable bonds is 5. The van der Waals surface area contributed by atoms with Gasteiger partial charge in [-0.1, -0.05) is 29.3 Å². The number of carbonyl (C=O) groups excluding carboxylic acids is 1. The van der Waals surface area contributed by atoms with Crippen LogP contribution in [0.1, 0.15) is 18.1 Å². The van der Waals surface area contributed by atoms with Crippen LogP contribution in [0.2, 0.25) is 5.02 Å². The molecule has 0 saturated heterocycles. The second-order valence-electron chi connectivity index (χ2n) is 5.44. The molecule has 1 amide bonds. The SMILES string of the molecule is Cc1ccc(C)c(SC(C)C(=O)Nc2ccc([N+](=O)[O-])cc2Cl)c1. The summed E-state index contributed by atoms with van der Waals surface area (Å²) >= 11 is 7.46. The highest BCUT2D eigenvalue weighted by atomic mass is 35.5. The van der Waals surface area contributed by atoms with E-state index < -0.39 is 4.92 Å². The maximum absolute atomic E-state index is 12.4. The van der Waals surface area contributed by atoms with Gasteiger partial charge in [-0.2, -0.15) is 0 Å². The number of hydrogen-bond donors (Lipinski definition) is 1. The van der Waals surface area contributed by atoms with Gasteiger partial charge in [0.15, 0.2) is 0 Å². The number of thioether (sulfide) groups is 1. The zero-order valence-corrected chi connectivity index (χ0v) is 15.1. The fourth-order valence-electron chi connectivity index (χ4n) is 2.03. The maximum Gasteiger partial charge on any atom is 0.271 e. The first kappa shape index (κ1) is 18.3. The fourth-order valence-corrected chi connectivity index (χ4v) is 3.31. The van der Waals surface area contributed by atoms with E-state index in [0.29, 0.717) is 5.69 Å². The minimum absolute atomic E-state index is 0.115. The van der Waals surface area contributed by atoms with Gasteiger partial charge in [-0.15, -0.1) is 11.8 Å². The van der Waals surface area contributed by atoms with Crippen molar-refractivity contribution in [2.75, 3.05) is 5.32 Å². The number of nitrogens with one attached hydrogen (secondary N) is 1. The molecule has 0 aromatic heterocycles. The van der Waals surface area contributed by atoms with Crippen molar-refractivity contribution in [2.24, 2.45) is 0 Å². The summed E-state index contributed by atoms with van der Waals surface area (Å²) < 4.78 is 0. The van der Waals surface area contributed by atoms with Crippen LogP contribution in [0.25, 0.3) is 0 Å². The van der Waals surface area contributed by atoms with Gasteiger partial charge in [0.05, 0.1) is 20.9 Å². The van der Waals surface area contributed by atoms with Gasteiger partial charge >= 0.3 is 0 Å². The minimum atomic E-state index is -0.531. The average molecular weight is 365 g/mol. The van der Waals surface area contributed by atoms with E-state index in [9.17, 15) is 14.9 Å². The number of nitro groups is 1. The van der Waals surface area contributed by atoms with Gasteiger partial charge in [-0.3, -0.25) is 14.9 Å². The molecule has 0 aliphatic heterocycles. The van der Waals surface area contributed by atoms with Crippen molar-refractivity contribution in [1.29, 1.82) is 0 Å². The van der Waals surface area contributed by atoms with Crippen LogP contribution in [0.5, 0.6) is 0 Å². The molecule has 0 aliphatic carbocycles. The summed E-state index contributed by atoms with van der Waals surface area (Å²) in [6, 6.07) is 10.1. The Kier molecular flexibility index (Phi) is 5.85. The molecular weight excluding hydrogens is 348 g/mol. The van der Waals surface area contributed by atoms with Crippen LogP contribution in [-0.2, 0) is 4.79 Å². The highest BCUT2D eigenvalue weighted by Gasteiger charge is 2.18. The van der Waals surface area contributed by atoms with Crippen LogP contribution in [0.4, 0.5) is 11.4 Å². The van der Waals surface area contributed by atoms with E-state index in [0.717, 1.165) is 16.0 Å². The molecule has 0 bridgehead atoms. The molecule has 7 heteroatoms. The van der Waals surface area contributed by atoms with Crippen molar-refractivity contribution < 1.29 is 9.72 Å². The number of carbonyl (C=O) groups is 1. The molecule has 0 fully saturated rings. The Labute approximate surface area is 149 Å². The molecule has 0 radical (unpaired) electrons. The van der Waals surface area contributed by atoms with E-state index in [1.165, 1.54) is 30.0 Å². The number of non-ortho nitro benzene ring substituents is 1. The van der Waals surface area contributed by atoms with Gasteiger partial charge in [-0.05, 0) is 38.5 Å². The van der Waals surface area contributed by atoms with Crippen molar-refractivity contribution in [3.05, 3.63) is 62.7 Å². The van der Waals surface area contributed by atoms with E-state index in [1.807, 2.05) is 32.0 Å². The lowest BCUT2D eigenvalue weighted by Gasteiger charge is -2.14. The van der Waals surface area contributed by atoms with Crippen LogP contribution < -0.4 is 5.32 Å². The lowest BCUT2D eigenvalue weighted by atomic mass is 10.2. The van der Waals surface area contributed by atoms with Crippen molar-refractivity contribution in [3.63, 3.8) is 0 Å². The fraction of sp³-hybridized carbons (Fsp3) is 0.235. The summed E-state index contributed by atoms with van der Waals surface area (Å²) in [5.74, 6) is -0.211. The van der Waals surface area contributed by atoms with Gasteiger partial charge in [0.1, 0.15) is 0 Å². The van der Waals surface area contributed by atoms with Crippen molar-refractivity contribution >= 4 is 40.6 Å². The molecule has 126 valence electrons. The Morgan fingerprint density at radius 2 is 1.96 bits per heavy atom. The maximum atomic E-state index is 12.4. The minimum Gasteiger partial charge on any atom is -0.324 e. The van der Waals surface area contributed by atoms with Gasteiger partial charge in [0.2, 0.25) is 5.91 Å². The predicted octanol–water partition coefficient (Wildman–Crippen LogP) is 4.98. The molecular formula is C17H17ClN2O3S. The Balaban J connectivity index is 2.09. The molecule has 2 aromatic rings. The third-order valence-corrected chi connectivity index (χ3v) is 5.01. The summed E-state index contributed by atoms with van der Waals surface area (Å²) in [6.45, 7) is 5.81. The number of halogens is 1. The Hall–Kier alpha value is -2.05. The largest absolute Gasteiger partial charge is 0.324 e. The van der Waals surface area contributed by atoms with Crippen molar-refractivity contribution in [2.45, 2.75) is 30.9 Å². The number of nitro benzene ring substituents is 1. The van der Waals surface area contributed by atoms with Gasteiger partial charge in [0, 0.05) is 17.0 Å². The number of nitrogens with zero attached hydrogens (tertiary/aromatic N) is 1. The van der Waals surface area contributed by atoms with Gasteiger partial charge < -0.3 is 5.32 Å². The average Bonchev–Trinajstić information content (AvgIpc) is 2.52. The molecule has 1 N–H and O–H groups in total. The summed E-state index contributed by atoms with van der Waals surface area (Å²) in [5, 5.41) is 13.2. The zero-order valence-electron chi connectivity index (χ0n) is 13.5. The van der Waals surface area contributed by atoms with E-state index in [2.05, 4.69) is 5.32 Å². The summed E-state index contributed by atoms with van der Waals surface area (Å²) in [7, 11) is 0. The first-order valence-electron chi connectivity index (χ1n) is 7.26. The lowest BCUT2D eigenvalue weighted by molar-refractivity contribution is -0.384. The van der Waals surface area contributed by atoms with E-state index in [1.54, 1.807) is 6.92 Å².